The molecule has 1 aromatic carbocycles. The molecule has 0 bridgehead atoms. The summed E-state index contributed by atoms with van der Waals surface area (Å²) >= 11 is 3.22. The summed E-state index contributed by atoms with van der Waals surface area (Å²) in [6, 6.07) is 4.88. The monoisotopic (exact) mass is 396 g/mol. The molecule has 0 unspecified atom stereocenters. The van der Waals surface area contributed by atoms with Crippen LogP contribution in [0, 0.1) is 0 Å². The summed E-state index contributed by atoms with van der Waals surface area (Å²) in [5.41, 5.74) is 0.498. The van der Waals surface area contributed by atoms with Crippen LogP contribution < -0.4 is 5.32 Å². The Morgan fingerprint density at radius 1 is 1.43 bits per heavy atom. The third-order valence-corrected chi connectivity index (χ3v) is 5.31. The van der Waals surface area contributed by atoms with Gasteiger partial charge in [-0.15, -0.1) is 12.4 Å². The molecule has 1 aromatic rings. The first-order chi connectivity index (χ1) is 9.29. The number of rotatable bonds is 2. The van der Waals surface area contributed by atoms with E-state index in [0.717, 1.165) is 12.8 Å². The van der Waals surface area contributed by atoms with Crippen LogP contribution in [0.2, 0.25) is 0 Å². The Morgan fingerprint density at radius 3 is 2.62 bits per heavy atom. The van der Waals surface area contributed by atoms with E-state index in [0.29, 0.717) is 23.1 Å². The van der Waals surface area contributed by atoms with Crippen LogP contribution in [0.25, 0.3) is 0 Å². The largest absolute Gasteiger partial charge is 0.336 e. The molecular weight excluding hydrogens is 380 g/mol. The number of hydrogen-bond acceptors (Lipinski definition) is 4. The number of amides is 1. The Morgan fingerprint density at radius 2 is 2.10 bits per heavy atom. The summed E-state index contributed by atoms with van der Waals surface area (Å²) in [7, 11) is -3.29. The van der Waals surface area contributed by atoms with Gasteiger partial charge in [0.15, 0.2) is 9.84 Å². The smallest absolute Gasteiger partial charge is 0.253 e. The molecule has 1 aliphatic rings. The Hall–Kier alpha value is -0.630. The summed E-state index contributed by atoms with van der Waals surface area (Å²) in [6.07, 6.45) is 1.15. The summed E-state index contributed by atoms with van der Waals surface area (Å²) in [4.78, 5) is 14.4. The highest BCUT2D eigenvalue weighted by molar-refractivity contribution is 9.10. The van der Waals surface area contributed by atoms with Gasteiger partial charge < -0.3 is 10.2 Å². The van der Waals surface area contributed by atoms with Crippen molar-refractivity contribution in [2.75, 3.05) is 25.9 Å². The SMILES string of the molecule is C[C@@H]1CN(C(=O)c2ccc(S(C)(=O)=O)c(Br)c2)CCN1.Cl. The molecule has 8 heteroatoms. The van der Waals surface area contributed by atoms with Gasteiger partial charge in [-0.25, -0.2) is 8.42 Å². The van der Waals surface area contributed by atoms with Crippen molar-refractivity contribution in [3.63, 3.8) is 0 Å². The lowest BCUT2D eigenvalue weighted by Crippen LogP contribution is -2.51. The van der Waals surface area contributed by atoms with Crippen LogP contribution in [0.1, 0.15) is 17.3 Å². The van der Waals surface area contributed by atoms with E-state index in [4.69, 9.17) is 0 Å². The van der Waals surface area contributed by atoms with Crippen molar-refractivity contribution in [3.8, 4) is 0 Å². The van der Waals surface area contributed by atoms with Crippen LogP contribution in [-0.4, -0.2) is 51.2 Å². The van der Waals surface area contributed by atoms with E-state index in [-0.39, 0.29) is 29.3 Å². The van der Waals surface area contributed by atoms with Gasteiger partial charge in [0.05, 0.1) is 4.90 Å². The minimum absolute atomic E-state index is 0. The van der Waals surface area contributed by atoms with Gasteiger partial charge >= 0.3 is 0 Å². The third-order valence-electron chi connectivity index (χ3n) is 3.23. The number of carbonyl (C=O) groups excluding carboxylic acids is 1. The van der Waals surface area contributed by atoms with E-state index in [1.165, 1.54) is 6.07 Å². The predicted octanol–water partition coefficient (Wildman–Crippen LogP) is 1.71. The van der Waals surface area contributed by atoms with Gasteiger partial charge in [0.1, 0.15) is 0 Å². The summed E-state index contributed by atoms with van der Waals surface area (Å²) < 4.78 is 23.5. The Kier molecular flexibility index (Phi) is 6.22. The fourth-order valence-electron chi connectivity index (χ4n) is 2.23. The molecule has 21 heavy (non-hydrogen) atoms. The topological polar surface area (TPSA) is 66.5 Å². The standard InChI is InChI=1S/C13H17BrN2O3S.ClH/c1-9-8-16(6-5-15-9)13(17)10-3-4-12(11(14)7-10)20(2,18)19;/h3-4,7,9,15H,5-6,8H2,1-2H3;1H/t9-;/m1./s1. The molecule has 0 radical (unpaired) electrons. The van der Waals surface area contributed by atoms with Crippen LogP contribution in [0.15, 0.2) is 27.6 Å². The normalized spacial score (nSPS) is 19.0. The number of halogens is 2. The fourth-order valence-corrected chi connectivity index (χ4v) is 4.22. The van der Waals surface area contributed by atoms with Gasteiger partial charge in [-0.05, 0) is 41.1 Å². The van der Waals surface area contributed by atoms with Crippen LogP contribution in [0.3, 0.4) is 0 Å². The molecule has 0 spiro atoms. The van der Waals surface area contributed by atoms with Crippen LogP contribution in [0.4, 0.5) is 0 Å². The molecule has 0 saturated carbocycles. The van der Waals surface area contributed by atoms with Crippen LogP contribution >= 0.6 is 28.3 Å². The lowest BCUT2D eigenvalue weighted by atomic mass is 10.1. The molecule has 1 N–H and O–H groups in total. The van der Waals surface area contributed by atoms with E-state index in [2.05, 4.69) is 21.2 Å². The number of nitrogens with zero attached hydrogens (tertiary/aromatic N) is 1. The maximum atomic E-state index is 12.4. The second-order valence-electron chi connectivity index (χ2n) is 5.02. The number of hydrogen-bond donors (Lipinski definition) is 1. The minimum Gasteiger partial charge on any atom is -0.336 e. The maximum Gasteiger partial charge on any atom is 0.253 e. The fraction of sp³-hybridized carbons (Fsp3) is 0.462. The number of nitrogens with one attached hydrogen (secondary N) is 1. The molecule has 1 heterocycles. The van der Waals surface area contributed by atoms with Gasteiger partial charge in [0.25, 0.3) is 5.91 Å². The number of piperazine rings is 1. The number of benzene rings is 1. The molecule has 5 nitrogen and oxygen atoms in total. The summed E-state index contributed by atoms with van der Waals surface area (Å²) in [5, 5.41) is 3.28. The van der Waals surface area contributed by atoms with E-state index in [1.807, 2.05) is 6.92 Å². The van der Waals surface area contributed by atoms with Crippen molar-refractivity contribution in [1.29, 1.82) is 0 Å². The van der Waals surface area contributed by atoms with E-state index < -0.39 is 9.84 Å². The summed E-state index contributed by atoms with van der Waals surface area (Å²) in [6.45, 7) is 4.12. The van der Waals surface area contributed by atoms with Gasteiger partial charge in [-0.1, -0.05) is 0 Å². The maximum absolute atomic E-state index is 12.4. The quantitative estimate of drug-likeness (QED) is 0.825. The summed E-state index contributed by atoms with van der Waals surface area (Å²) in [5.74, 6) is -0.0703. The second kappa shape index (κ2) is 7.09. The molecule has 0 aromatic heterocycles. The third kappa shape index (κ3) is 4.42. The molecule has 1 aliphatic heterocycles. The minimum atomic E-state index is -3.29. The highest BCUT2D eigenvalue weighted by atomic mass is 79.9. The van der Waals surface area contributed by atoms with Crippen molar-refractivity contribution in [1.82, 2.24) is 10.2 Å². The Bertz CT molecular complexity index is 636. The first-order valence-corrected chi connectivity index (χ1v) is 9.00. The molecule has 118 valence electrons. The zero-order chi connectivity index (χ0) is 14.9. The van der Waals surface area contributed by atoms with E-state index in [1.54, 1.807) is 17.0 Å². The predicted molar refractivity (Wildman–Crippen MR) is 87.9 cm³/mol. The van der Waals surface area contributed by atoms with Crippen molar-refractivity contribution < 1.29 is 13.2 Å². The Balaban J connectivity index is 0.00000220. The highest BCUT2D eigenvalue weighted by Crippen LogP contribution is 2.24. The molecule has 1 atom stereocenters. The Labute approximate surface area is 139 Å². The molecular formula is C13H18BrClN2O3S. The van der Waals surface area contributed by atoms with Crippen molar-refractivity contribution in [3.05, 3.63) is 28.2 Å². The van der Waals surface area contributed by atoms with Crippen molar-refractivity contribution >= 4 is 44.1 Å². The van der Waals surface area contributed by atoms with E-state index >= 15 is 0 Å². The lowest BCUT2D eigenvalue weighted by molar-refractivity contribution is 0.0709. The molecule has 1 saturated heterocycles. The first-order valence-electron chi connectivity index (χ1n) is 6.31. The van der Waals surface area contributed by atoms with Crippen LogP contribution in [-0.2, 0) is 9.84 Å². The van der Waals surface area contributed by atoms with Gasteiger partial charge in [0.2, 0.25) is 0 Å². The highest BCUT2D eigenvalue weighted by Gasteiger charge is 2.22. The van der Waals surface area contributed by atoms with Crippen molar-refractivity contribution in [2.24, 2.45) is 0 Å². The molecule has 0 aliphatic carbocycles. The van der Waals surface area contributed by atoms with Gasteiger partial charge in [-0.2, -0.15) is 0 Å². The zero-order valence-electron chi connectivity index (χ0n) is 11.8. The second-order valence-corrected chi connectivity index (χ2v) is 7.86. The van der Waals surface area contributed by atoms with Crippen molar-refractivity contribution in [2.45, 2.75) is 17.9 Å². The number of sulfone groups is 1. The number of carbonyl (C=O) groups is 1. The van der Waals surface area contributed by atoms with E-state index in [9.17, 15) is 13.2 Å². The molecule has 1 fully saturated rings. The van der Waals surface area contributed by atoms with Gasteiger partial charge in [0, 0.05) is 42.0 Å². The average Bonchev–Trinajstić information content (AvgIpc) is 2.36. The van der Waals surface area contributed by atoms with Gasteiger partial charge in [-0.3, -0.25) is 4.79 Å². The molecule has 1 amide bonds. The first kappa shape index (κ1) is 18.4. The van der Waals surface area contributed by atoms with Crippen LogP contribution in [0.5, 0.6) is 0 Å². The average molecular weight is 398 g/mol. The zero-order valence-corrected chi connectivity index (χ0v) is 15.0. The molecule has 2 rings (SSSR count). The lowest BCUT2D eigenvalue weighted by Gasteiger charge is -2.32.